The summed E-state index contributed by atoms with van der Waals surface area (Å²) in [5.41, 5.74) is -12.4. The molecule has 2 rings (SSSR count). The van der Waals surface area contributed by atoms with Crippen molar-refractivity contribution < 1.29 is 105 Å². The average Bonchev–Trinajstić information content (AvgIpc) is 3.71. The summed E-state index contributed by atoms with van der Waals surface area (Å²) in [7, 11) is -16.7. The summed E-state index contributed by atoms with van der Waals surface area (Å²) in [6, 6.07) is 0. The predicted octanol–water partition coefficient (Wildman–Crippen LogP) is 8.75. The van der Waals surface area contributed by atoms with E-state index in [-0.39, 0.29) is 0 Å². The standard InChI is InChI=1S/C13H25N2.C12H23N2.C4HF9O3S.C2F6NO4S2/c1-3-4-5-6-7-8-9-10-15-12-11-14(2)13-15;1-3-4-5-6-7-8-9-14-11-10-13(2)12-14;5-1(6,3(9,10)11)2(7,8)4(12,13)17(14,15)16;3-1(4,5)14(10,11)9-15(12,13)2(6,7)8/h11-13H,3-10H2,1-2H3;10-12H,3-9H2,1-2H3;(H,14,15,16);/q2*+1;;-1/p-1. The molecule has 2 aromatic heterocycles. The Kier molecular flexibility index (Phi) is 24.5. The molecule has 0 spiro atoms. The van der Waals surface area contributed by atoms with Crippen molar-refractivity contribution in [1.82, 2.24) is 9.13 Å². The fourth-order valence-electron chi connectivity index (χ4n) is 4.33. The first-order chi connectivity index (χ1) is 27.4. The summed E-state index contributed by atoms with van der Waals surface area (Å²) in [4.78, 5) is 0. The molecule has 0 N–H and O–H groups in total. The van der Waals surface area contributed by atoms with Gasteiger partial charge in [0, 0.05) is 0 Å². The largest absolute Gasteiger partial charge is 0.743 e. The van der Waals surface area contributed by atoms with Gasteiger partial charge in [-0.1, -0.05) is 71.6 Å². The molecule has 2 aromatic rings. The lowest BCUT2D eigenvalue weighted by Crippen LogP contribution is -2.63. The quantitative estimate of drug-likeness (QED) is 0.0556. The highest BCUT2D eigenvalue weighted by Gasteiger charge is 2.83. The second kappa shape index (κ2) is 24.8. The molecule has 0 aliphatic rings. The van der Waals surface area contributed by atoms with E-state index >= 15 is 0 Å². The van der Waals surface area contributed by atoms with Crippen molar-refractivity contribution in [1.29, 1.82) is 0 Å². The number of unbranched alkanes of at least 4 members (excludes halogenated alkanes) is 11. The molecule has 2 heterocycles. The zero-order valence-electron chi connectivity index (χ0n) is 33.1. The molecule has 12 nitrogen and oxygen atoms in total. The first kappa shape index (κ1) is 60.2. The average molecular weight is 984 g/mol. The van der Waals surface area contributed by atoms with Gasteiger partial charge >= 0.3 is 34.3 Å². The SMILES string of the molecule is CCCCCCCCCn1cc[n+](C)c1.CCCCCCCCn1cc[n+](C)c1.O=S(=O)([N-]S(=O)(=O)C(F)(F)F)C(F)(F)F.O=S(=O)([O-])C(F)(F)C(F)(F)C(F)(F)C(F)(F)F. The van der Waals surface area contributed by atoms with Gasteiger partial charge in [0.2, 0.25) is 12.7 Å². The van der Waals surface area contributed by atoms with E-state index in [1.165, 1.54) is 96.6 Å². The van der Waals surface area contributed by atoms with Crippen molar-refractivity contribution in [3.05, 3.63) is 41.6 Å². The molecule has 0 atom stereocenters. The number of sulfonamides is 2. The Balaban J connectivity index is 0. The van der Waals surface area contributed by atoms with Crippen molar-refractivity contribution in [2.45, 2.75) is 145 Å². The van der Waals surface area contributed by atoms with Crippen LogP contribution in [0.2, 0.25) is 0 Å². The molecule has 0 fully saturated rings. The van der Waals surface area contributed by atoms with Crippen LogP contribution in [0.25, 0.3) is 4.13 Å². The van der Waals surface area contributed by atoms with E-state index in [1.54, 1.807) is 0 Å². The number of hydrogen-bond acceptors (Lipinski definition) is 7. The number of aryl methyl sites for hydroxylation is 4. The molecule has 0 aliphatic carbocycles. The van der Waals surface area contributed by atoms with Crippen molar-refractivity contribution in [3.8, 4) is 0 Å². The van der Waals surface area contributed by atoms with Crippen LogP contribution in [-0.2, 0) is 57.3 Å². The number of hydrogen-bond donors (Lipinski definition) is 0. The van der Waals surface area contributed by atoms with Crippen LogP contribution in [0.3, 0.4) is 0 Å². The Hall–Kier alpha value is -2.86. The number of imidazole rings is 2. The minimum Gasteiger partial charge on any atom is -0.743 e. The van der Waals surface area contributed by atoms with Crippen molar-refractivity contribution in [2.24, 2.45) is 14.1 Å². The number of alkyl halides is 15. The smallest absolute Gasteiger partial charge is 0.480 e. The minimum absolute atomic E-state index is 0.778. The van der Waals surface area contributed by atoms with Gasteiger partial charge < -0.3 is 8.68 Å². The number of nitrogens with zero attached hydrogens (tertiary/aromatic N) is 5. The highest BCUT2D eigenvalue weighted by atomic mass is 32.3. The van der Waals surface area contributed by atoms with E-state index in [1.807, 2.05) is 0 Å². The third kappa shape index (κ3) is 20.5. The molecule has 30 heteroatoms. The van der Waals surface area contributed by atoms with Gasteiger partial charge in [0.15, 0.2) is 30.2 Å². The van der Waals surface area contributed by atoms with E-state index in [4.69, 9.17) is 0 Å². The molecule has 362 valence electrons. The predicted molar refractivity (Wildman–Crippen MR) is 186 cm³/mol. The zero-order valence-corrected chi connectivity index (χ0v) is 35.5. The van der Waals surface area contributed by atoms with E-state index in [0.29, 0.717) is 0 Å². The van der Waals surface area contributed by atoms with E-state index in [0.717, 1.165) is 4.13 Å². The van der Waals surface area contributed by atoms with Crippen LogP contribution >= 0.6 is 0 Å². The van der Waals surface area contributed by atoms with Gasteiger partial charge in [-0.05, 0) is 25.7 Å². The number of aromatic nitrogens is 4. The van der Waals surface area contributed by atoms with Gasteiger partial charge in [0.05, 0.1) is 27.2 Å². The van der Waals surface area contributed by atoms with Crippen molar-refractivity contribution in [2.75, 3.05) is 0 Å². The van der Waals surface area contributed by atoms with Gasteiger partial charge in [-0.2, -0.15) is 65.9 Å². The third-order valence-electron chi connectivity index (χ3n) is 7.65. The van der Waals surface area contributed by atoms with Gasteiger partial charge in [-0.15, -0.1) is 0 Å². The number of halogens is 15. The molecule has 0 unspecified atom stereocenters. The highest BCUT2D eigenvalue weighted by Crippen LogP contribution is 2.54. The number of rotatable bonds is 20. The van der Waals surface area contributed by atoms with Crippen LogP contribution in [0.15, 0.2) is 37.4 Å². The Labute approximate surface area is 344 Å². The summed E-state index contributed by atoms with van der Waals surface area (Å²) in [6.45, 7) is 6.88. The lowest BCUT2D eigenvalue weighted by Gasteiger charge is -2.34. The Morgan fingerprint density at radius 3 is 1.03 bits per heavy atom. The summed E-state index contributed by atoms with van der Waals surface area (Å²) in [5, 5.41) is -7.11. The highest BCUT2D eigenvalue weighted by molar-refractivity contribution is 8.13. The normalized spacial score (nSPS) is 13.4. The molecule has 0 saturated carbocycles. The third-order valence-corrected chi connectivity index (χ3v) is 11.3. The van der Waals surface area contributed by atoms with Crippen LogP contribution in [0, 0.1) is 0 Å². The Morgan fingerprint density at radius 1 is 0.508 bits per heavy atom. The second-order valence-corrected chi connectivity index (χ2v) is 17.9. The van der Waals surface area contributed by atoms with Gasteiger partial charge in [-0.3, -0.25) is 0 Å². The summed E-state index contributed by atoms with van der Waals surface area (Å²) >= 11 is 0. The maximum atomic E-state index is 12.2. The molecule has 0 saturated heterocycles. The molecular weight excluding hydrogens is 936 g/mol. The molecule has 0 aliphatic heterocycles. The maximum absolute atomic E-state index is 12.2. The van der Waals surface area contributed by atoms with Gasteiger partial charge in [-0.25, -0.2) is 43.5 Å². The lowest BCUT2D eigenvalue weighted by molar-refractivity contribution is -0.671. The minimum atomic E-state index is -7.43. The van der Waals surface area contributed by atoms with E-state index < -0.39 is 64.5 Å². The molecule has 0 radical (unpaired) electrons. The van der Waals surface area contributed by atoms with Crippen molar-refractivity contribution >= 4 is 30.2 Å². The fraction of sp³-hybridized carbons (Fsp3) is 0.806. The second-order valence-electron chi connectivity index (χ2n) is 13.1. The Morgan fingerprint density at radius 2 is 0.803 bits per heavy atom. The first-order valence-corrected chi connectivity index (χ1v) is 22.2. The first-order valence-electron chi connectivity index (χ1n) is 17.9. The summed E-state index contributed by atoms with van der Waals surface area (Å²) < 4.78 is 253. The maximum Gasteiger partial charge on any atom is 0.480 e. The monoisotopic (exact) mass is 983 g/mol. The molecule has 0 amide bonds. The summed E-state index contributed by atoms with van der Waals surface area (Å²) in [5.74, 6) is -14.8. The van der Waals surface area contributed by atoms with Crippen LogP contribution in [-0.4, -0.2) is 73.2 Å². The Bertz CT molecular complexity index is 1840. The molecule has 61 heavy (non-hydrogen) atoms. The molecular formula is C31H48F15N5O7S3. The van der Waals surface area contributed by atoms with Gasteiger partial charge in [0.1, 0.15) is 24.8 Å². The van der Waals surface area contributed by atoms with Crippen LogP contribution in [0.1, 0.15) is 97.3 Å². The molecule has 0 bridgehead atoms. The van der Waals surface area contributed by atoms with Crippen LogP contribution < -0.4 is 9.13 Å². The van der Waals surface area contributed by atoms with Crippen LogP contribution in [0.4, 0.5) is 65.9 Å². The lowest BCUT2D eigenvalue weighted by atomic mass is 10.1. The summed E-state index contributed by atoms with van der Waals surface area (Å²) in [6.07, 6.45) is 23.6. The van der Waals surface area contributed by atoms with Crippen LogP contribution in [0.5, 0.6) is 0 Å². The topological polar surface area (TPSA) is 157 Å². The van der Waals surface area contributed by atoms with Crippen molar-refractivity contribution in [3.63, 3.8) is 0 Å². The zero-order chi connectivity index (χ0) is 48.4. The van der Waals surface area contributed by atoms with Gasteiger partial charge in [0.25, 0.3) is 0 Å². The molecule has 0 aromatic carbocycles. The van der Waals surface area contributed by atoms with E-state index in [2.05, 4.69) is 83.7 Å². The van der Waals surface area contributed by atoms with E-state index in [9.17, 15) is 95.7 Å². The fourth-order valence-corrected chi connectivity index (χ4v) is 6.48.